The van der Waals surface area contributed by atoms with Crippen LogP contribution >= 0.6 is 11.3 Å². The molecule has 0 aliphatic carbocycles. The fourth-order valence-corrected chi connectivity index (χ4v) is 2.83. The van der Waals surface area contributed by atoms with Crippen LogP contribution in [0.15, 0.2) is 12.1 Å². The van der Waals surface area contributed by atoms with Crippen molar-refractivity contribution in [3.8, 4) is 16.3 Å². The number of hydrogen-bond acceptors (Lipinski definition) is 3. The summed E-state index contributed by atoms with van der Waals surface area (Å²) in [7, 11) is 1.71. The summed E-state index contributed by atoms with van der Waals surface area (Å²) in [6.07, 6.45) is 0. The Balaban J connectivity index is 2.57. The van der Waals surface area contributed by atoms with Crippen molar-refractivity contribution in [1.29, 1.82) is 0 Å². The standard InChI is InChI=1S/C14H17NOS/c1-8-9(2)13(16-5)7-6-12(8)14-15-10(3)11(4)17-14/h6-7H,1-5H3. The molecule has 2 rings (SSSR count). The zero-order valence-electron chi connectivity index (χ0n) is 10.9. The number of ether oxygens (including phenoxy) is 1. The molecule has 3 heteroatoms. The highest BCUT2D eigenvalue weighted by atomic mass is 32.1. The second kappa shape index (κ2) is 4.49. The number of methoxy groups -OCH3 is 1. The second-order valence-corrected chi connectivity index (χ2v) is 5.43. The lowest BCUT2D eigenvalue weighted by molar-refractivity contribution is 0.411. The average Bonchev–Trinajstić information content (AvgIpc) is 2.63. The van der Waals surface area contributed by atoms with Gasteiger partial charge < -0.3 is 4.74 Å². The van der Waals surface area contributed by atoms with Crippen LogP contribution in [0.2, 0.25) is 0 Å². The number of thiazole rings is 1. The predicted molar refractivity (Wildman–Crippen MR) is 73.1 cm³/mol. The van der Waals surface area contributed by atoms with E-state index in [4.69, 9.17) is 4.74 Å². The van der Waals surface area contributed by atoms with Crippen molar-refractivity contribution >= 4 is 11.3 Å². The molecule has 0 unspecified atom stereocenters. The van der Waals surface area contributed by atoms with Gasteiger partial charge in [-0.3, -0.25) is 0 Å². The lowest BCUT2D eigenvalue weighted by Gasteiger charge is -2.10. The van der Waals surface area contributed by atoms with Gasteiger partial charge in [0, 0.05) is 10.4 Å². The van der Waals surface area contributed by atoms with Crippen molar-refractivity contribution in [3.05, 3.63) is 33.8 Å². The first-order valence-electron chi connectivity index (χ1n) is 5.63. The van der Waals surface area contributed by atoms with Gasteiger partial charge in [0.05, 0.1) is 12.8 Å². The minimum absolute atomic E-state index is 0.941. The van der Waals surface area contributed by atoms with Crippen molar-refractivity contribution < 1.29 is 4.74 Å². The molecule has 1 heterocycles. The van der Waals surface area contributed by atoms with E-state index in [1.807, 2.05) is 6.07 Å². The van der Waals surface area contributed by atoms with E-state index >= 15 is 0 Å². The van der Waals surface area contributed by atoms with E-state index in [0.29, 0.717) is 0 Å². The first kappa shape index (κ1) is 12.1. The van der Waals surface area contributed by atoms with Gasteiger partial charge in [0.15, 0.2) is 0 Å². The second-order valence-electron chi connectivity index (χ2n) is 4.23. The molecule has 0 radical (unpaired) electrons. The van der Waals surface area contributed by atoms with Crippen LogP contribution in [0.3, 0.4) is 0 Å². The molecule has 1 aromatic carbocycles. The van der Waals surface area contributed by atoms with Gasteiger partial charge in [0.2, 0.25) is 0 Å². The predicted octanol–water partition coefficient (Wildman–Crippen LogP) is 4.05. The Morgan fingerprint density at radius 2 is 1.76 bits per heavy atom. The van der Waals surface area contributed by atoms with Crippen LogP contribution < -0.4 is 4.74 Å². The van der Waals surface area contributed by atoms with E-state index in [-0.39, 0.29) is 0 Å². The maximum absolute atomic E-state index is 5.33. The molecular formula is C14H17NOS. The Morgan fingerprint density at radius 1 is 1.06 bits per heavy atom. The maximum Gasteiger partial charge on any atom is 0.124 e. The molecule has 2 nitrogen and oxygen atoms in total. The summed E-state index contributed by atoms with van der Waals surface area (Å²) >= 11 is 1.75. The molecule has 0 aliphatic heterocycles. The SMILES string of the molecule is COc1ccc(-c2nc(C)c(C)s2)c(C)c1C. The highest BCUT2D eigenvalue weighted by molar-refractivity contribution is 7.15. The van der Waals surface area contributed by atoms with Gasteiger partial charge in [0.25, 0.3) is 0 Å². The minimum atomic E-state index is 0.941. The third kappa shape index (κ3) is 2.07. The summed E-state index contributed by atoms with van der Waals surface area (Å²) in [5.41, 5.74) is 4.77. The van der Waals surface area contributed by atoms with Gasteiger partial charge in [-0.05, 0) is 51.0 Å². The van der Waals surface area contributed by atoms with Gasteiger partial charge >= 0.3 is 0 Å². The lowest BCUT2D eigenvalue weighted by Crippen LogP contribution is -1.92. The topological polar surface area (TPSA) is 22.1 Å². The van der Waals surface area contributed by atoms with Crippen LogP contribution in [0.25, 0.3) is 10.6 Å². The molecule has 0 N–H and O–H groups in total. The van der Waals surface area contributed by atoms with Crippen molar-refractivity contribution in [2.24, 2.45) is 0 Å². The van der Waals surface area contributed by atoms with E-state index in [9.17, 15) is 0 Å². The van der Waals surface area contributed by atoms with Crippen molar-refractivity contribution in [2.45, 2.75) is 27.7 Å². The average molecular weight is 247 g/mol. The largest absolute Gasteiger partial charge is 0.496 e. The smallest absolute Gasteiger partial charge is 0.124 e. The zero-order chi connectivity index (χ0) is 12.6. The van der Waals surface area contributed by atoms with Gasteiger partial charge in [0.1, 0.15) is 10.8 Å². The number of hydrogen-bond donors (Lipinski definition) is 0. The first-order chi connectivity index (χ1) is 8.04. The Bertz CT molecular complexity index is 538. The van der Waals surface area contributed by atoms with Gasteiger partial charge in [-0.1, -0.05) is 0 Å². The van der Waals surface area contributed by atoms with E-state index in [1.54, 1.807) is 18.4 Å². The number of aromatic nitrogens is 1. The van der Waals surface area contributed by atoms with Crippen molar-refractivity contribution in [3.63, 3.8) is 0 Å². The maximum atomic E-state index is 5.33. The molecule has 0 amide bonds. The van der Waals surface area contributed by atoms with Crippen LogP contribution in [-0.2, 0) is 0 Å². The van der Waals surface area contributed by atoms with Crippen LogP contribution in [0.5, 0.6) is 5.75 Å². The number of benzene rings is 1. The first-order valence-corrected chi connectivity index (χ1v) is 6.45. The summed E-state index contributed by atoms with van der Waals surface area (Å²) in [6.45, 7) is 8.38. The van der Waals surface area contributed by atoms with Crippen LogP contribution in [0.4, 0.5) is 0 Å². The van der Waals surface area contributed by atoms with Crippen LogP contribution in [0, 0.1) is 27.7 Å². The Hall–Kier alpha value is -1.35. The minimum Gasteiger partial charge on any atom is -0.496 e. The third-order valence-electron chi connectivity index (χ3n) is 3.22. The quantitative estimate of drug-likeness (QED) is 0.798. The summed E-state index contributed by atoms with van der Waals surface area (Å²) in [5.74, 6) is 0.941. The Kier molecular flexibility index (Phi) is 3.20. The highest BCUT2D eigenvalue weighted by Crippen LogP contribution is 2.34. The molecule has 0 bridgehead atoms. The molecule has 2 aromatic rings. The van der Waals surface area contributed by atoms with E-state index in [0.717, 1.165) is 16.5 Å². The molecule has 90 valence electrons. The van der Waals surface area contributed by atoms with E-state index in [1.165, 1.54) is 21.6 Å². The molecule has 0 spiro atoms. The highest BCUT2D eigenvalue weighted by Gasteiger charge is 2.12. The summed E-state index contributed by atoms with van der Waals surface area (Å²) in [5, 5.41) is 1.10. The van der Waals surface area contributed by atoms with Gasteiger partial charge in [-0.25, -0.2) is 4.98 Å². The number of aryl methyl sites for hydroxylation is 2. The molecule has 1 aromatic heterocycles. The lowest BCUT2D eigenvalue weighted by atomic mass is 10.0. The molecule has 0 saturated heterocycles. The number of nitrogens with zero attached hydrogens (tertiary/aromatic N) is 1. The zero-order valence-corrected chi connectivity index (χ0v) is 11.7. The monoisotopic (exact) mass is 247 g/mol. The number of rotatable bonds is 2. The Morgan fingerprint density at radius 3 is 2.29 bits per heavy atom. The summed E-state index contributed by atoms with van der Waals surface area (Å²) in [4.78, 5) is 5.90. The van der Waals surface area contributed by atoms with E-state index in [2.05, 4.69) is 38.7 Å². The summed E-state index contributed by atoms with van der Waals surface area (Å²) in [6, 6.07) is 4.11. The molecule has 0 saturated carbocycles. The van der Waals surface area contributed by atoms with Gasteiger partial charge in [-0.15, -0.1) is 11.3 Å². The normalized spacial score (nSPS) is 10.6. The van der Waals surface area contributed by atoms with Crippen LogP contribution in [0.1, 0.15) is 21.7 Å². The molecular weight excluding hydrogens is 230 g/mol. The molecule has 17 heavy (non-hydrogen) atoms. The Labute approximate surface area is 106 Å². The molecule has 0 atom stereocenters. The van der Waals surface area contributed by atoms with Crippen molar-refractivity contribution in [1.82, 2.24) is 4.98 Å². The van der Waals surface area contributed by atoms with Crippen LogP contribution in [-0.4, -0.2) is 12.1 Å². The fourth-order valence-electron chi connectivity index (χ4n) is 1.84. The van der Waals surface area contributed by atoms with Gasteiger partial charge in [-0.2, -0.15) is 0 Å². The fraction of sp³-hybridized carbons (Fsp3) is 0.357. The molecule has 0 aliphatic rings. The van der Waals surface area contributed by atoms with Crippen molar-refractivity contribution in [2.75, 3.05) is 7.11 Å². The molecule has 0 fully saturated rings. The van der Waals surface area contributed by atoms with E-state index < -0.39 is 0 Å². The third-order valence-corrected chi connectivity index (χ3v) is 4.32. The summed E-state index contributed by atoms with van der Waals surface area (Å²) < 4.78 is 5.33.